The number of likely N-dealkylation sites (tertiary alicyclic amines) is 1. The molecule has 12 nitrogen and oxygen atoms in total. The van der Waals surface area contributed by atoms with E-state index in [0.29, 0.717) is 50.1 Å². The van der Waals surface area contributed by atoms with E-state index < -0.39 is 28.9 Å². The van der Waals surface area contributed by atoms with E-state index in [1.165, 1.54) is 18.5 Å². The number of amides is 1. The molecule has 4 saturated heterocycles. The Hall–Kier alpha value is -4.43. The van der Waals surface area contributed by atoms with Crippen molar-refractivity contribution in [2.75, 3.05) is 43.4 Å². The van der Waals surface area contributed by atoms with E-state index in [1.54, 1.807) is 11.0 Å². The Bertz CT molecular complexity index is 2410. The first kappa shape index (κ1) is 34.3. The van der Waals surface area contributed by atoms with Crippen molar-refractivity contribution in [1.29, 1.82) is 5.26 Å². The minimum Gasteiger partial charge on any atom is -0.461 e. The molecule has 5 aromatic rings. The minimum atomic E-state index is -0.977. The number of nitrogens with zero attached hydrogens (tertiary/aromatic N) is 9. The van der Waals surface area contributed by atoms with Gasteiger partial charge in [0.1, 0.15) is 47.3 Å². The summed E-state index contributed by atoms with van der Waals surface area (Å²) in [5.74, 6) is -1.07. The maximum Gasteiger partial charge on any atom is 0.346 e. The number of benzene rings is 2. The summed E-state index contributed by atoms with van der Waals surface area (Å²) in [6.45, 7) is 4.14. The number of rotatable bonds is 5. The van der Waals surface area contributed by atoms with Crippen LogP contribution in [-0.4, -0.2) is 96.6 Å². The van der Waals surface area contributed by atoms with Gasteiger partial charge in [0.15, 0.2) is 5.82 Å². The van der Waals surface area contributed by atoms with Crippen molar-refractivity contribution in [3.63, 3.8) is 0 Å². The molecule has 0 unspecified atom stereocenters. The van der Waals surface area contributed by atoms with Crippen LogP contribution in [-0.2, 0) is 0 Å². The van der Waals surface area contributed by atoms with Crippen LogP contribution in [0.4, 0.5) is 28.8 Å². The molecule has 0 saturated carbocycles. The van der Waals surface area contributed by atoms with E-state index in [-0.39, 0.29) is 72.3 Å². The second-order valence-corrected chi connectivity index (χ2v) is 16.1. The van der Waals surface area contributed by atoms with E-state index >= 15 is 4.39 Å². The average molecular weight is 784 g/mol. The van der Waals surface area contributed by atoms with Crippen molar-refractivity contribution in [3.05, 3.63) is 52.0 Å². The lowest BCUT2D eigenvalue weighted by Gasteiger charge is -2.53. The Morgan fingerprint density at radius 3 is 2.74 bits per heavy atom. The lowest BCUT2D eigenvalue weighted by molar-refractivity contribution is 0.0199. The third-order valence-electron chi connectivity index (χ3n) is 11.8. The molecule has 7 heterocycles. The zero-order chi connectivity index (χ0) is 37.0. The Morgan fingerprint density at radius 2 is 2.00 bits per heavy atom. The number of hydrogen-bond acceptors (Lipinski definition) is 11. The summed E-state index contributed by atoms with van der Waals surface area (Å²) in [4.78, 5) is 32.7. The number of ether oxygens (including phenoxy) is 1. The van der Waals surface area contributed by atoms with Crippen LogP contribution >= 0.6 is 34.5 Å². The maximum atomic E-state index is 17.2. The molecule has 9 rings (SSSR count). The quantitative estimate of drug-likeness (QED) is 0.202. The minimum absolute atomic E-state index is 0.0133. The third kappa shape index (κ3) is 5.07. The molecule has 274 valence electrons. The van der Waals surface area contributed by atoms with Gasteiger partial charge < -0.3 is 20.3 Å². The van der Waals surface area contributed by atoms with Crippen molar-refractivity contribution >= 4 is 72.4 Å². The van der Waals surface area contributed by atoms with Gasteiger partial charge in [-0.15, -0.1) is 16.4 Å². The zero-order valence-corrected chi connectivity index (χ0v) is 30.6. The zero-order valence-electron chi connectivity index (χ0n) is 28.3. The Balaban J connectivity index is 1.17. The summed E-state index contributed by atoms with van der Waals surface area (Å²) in [7, 11) is 0. The Morgan fingerprint density at radius 1 is 1.19 bits per heavy atom. The molecular formula is C35H31Cl2F3N10O2S. The predicted molar refractivity (Wildman–Crippen MR) is 194 cm³/mol. The smallest absolute Gasteiger partial charge is 0.346 e. The highest BCUT2D eigenvalue weighted by atomic mass is 35.5. The molecule has 0 radical (unpaired) electrons. The fourth-order valence-electron chi connectivity index (χ4n) is 9.09. The molecule has 4 fully saturated rings. The number of carbonyl (C=O) groups excluding carboxylic acids is 1. The van der Waals surface area contributed by atoms with E-state index in [1.807, 2.05) is 17.9 Å². The number of halogens is 5. The van der Waals surface area contributed by atoms with Gasteiger partial charge in [-0.05, 0) is 68.4 Å². The van der Waals surface area contributed by atoms with Gasteiger partial charge in [-0.3, -0.25) is 4.90 Å². The molecule has 2 N–H and O–H groups in total. The van der Waals surface area contributed by atoms with Gasteiger partial charge in [0.25, 0.3) is 0 Å². The highest BCUT2D eigenvalue weighted by Gasteiger charge is 2.57. The van der Waals surface area contributed by atoms with Crippen LogP contribution in [0.25, 0.3) is 32.1 Å². The lowest BCUT2D eigenvalue weighted by Crippen LogP contribution is -2.67. The van der Waals surface area contributed by atoms with E-state index in [0.717, 1.165) is 35.4 Å². The number of nitrogens with two attached hydrogens (primary N) is 1. The van der Waals surface area contributed by atoms with Crippen molar-refractivity contribution in [2.45, 2.75) is 62.3 Å². The number of alkyl halides is 1. The molecule has 4 aliphatic rings. The van der Waals surface area contributed by atoms with Gasteiger partial charge >= 0.3 is 12.0 Å². The van der Waals surface area contributed by atoms with Gasteiger partial charge in [0, 0.05) is 42.4 Å². The van der Waals surface area contributed by atoms with Crippen LogP contribution < -0.4 is 15.4 Å². The van der Waals surface area contributed by atoms with Crippen molar-refractivity contribution in [3.8, 4) is 23.2 Å². The number of anilines is 2. The standard InChI is InChI=1S/C35H31Cl2F3N10O2S/c1-17-35(7-10-49(35)33(51)50-16-43-31(37)46-50)6-9-48(17)30-20-11-22(36)25(19-3-4-23(39)28-24(19)21(13-41)29(42)53-28)26(40)27(20)44-32(45-30)52-15-34-5-2-8-47(34)14-18(38)12-34/h3-4,11,16-18H,2,5-10,12,14-15,42H2,1H3/t17-,18-,34+,35-/m1/s1. The molecule has 1 spiro atoms. The van der Waals surface area contributed by atoms with E-state index in [4.69, 9.17) is 38.7 Å². The van der Waals surface area contributed by atoms with Crippen molar-refractivity contribution in [1.82, 2.24) is 34.5 Å². The van der Waals surface area contributed by atoms with E-state index in [9.17, 15) is 18.8 Å². The fraction of sp³-hybridized carbons (Fsp3) is 0.429. The van der Waals surface area contributed by atoms with Crippen LogP contribution in [0.5, 0.6) is 6.01 Å². The summed E-state index contributed by atoms with van der Waals surface area (Å²) in [6.07, 6.45) is 3.56. The molecular weight excluding hydrogens is 752 g/mol. The summed E-state index contributed by atoms with van der Waals surface area (Å²) in [5.41, 5.74) is 5.00. The van der Waals surface area contributed by atoms with Crippen LogP contribution in [0.1, 0.15) is 44.6 Å². The topological polar surface area (TPSA) is 142 Å². The normalized spacial score (nSPS) is 25.5. The lowest BCUT2D eigenvalue weighted by atomic mass is 9.79. The number of aromatic nitrogens is 5. The highest BCUT2D eigenvalue weighted by Crippen LogP contribution is 2.49. The monoisotopic (exact) mass is 782 g/mol. The molecule has 2 aromatic carbocycles. The SMILES string of the molecule is C[C@H]1N(c2nc(OC[C@@]34CCCN3C[C@H](F)C4)nc3c(F)c(-c4ccc(F)c5sc(N)c(C#N)c45)c(Cl)cc23)CC[C@@]12CCN2C(=O)n1cnc(Cl)n1. The summed E-state index contributed by atoms with van der Waals surface area (Å²) < 4.78 is 54.4. The number of fused-ring (bicyclic) bond motifs is 3. The third-order valence-corrected chi connectivity index (χ3v) is 13.3. The van der Waals surface area contributed by atoms with Gasteiger partial charge in [0.2, 0.25) is 5.28 Å². The molecule has 1 amide bonds. The second-order valence-electron chi connectivity index (χ2n) is 14.3. The Labute approximate surface area is 314 Å². The summed E-state index contributed by atoms with van der Waals surface area (Å²) >= 11 is 13.7. The molecule has 4 atom stereocenters. The highest BCUT2D eigenvalue weighted by molar-refractivity contribution is 7.23. The number of nitrogen functional groups attached to an aromatic ring is 1. The largest absolute Gasteiger partial charge is 0.461 e. The van der Waals surface area contributed by atoms with Gasteiger partial charge in [-0.2, -0.15) is 19.9 Å². The Kier molecular flexibility index (Phi) is 7.97. The van der Waals surface area contributed by atoms with Crippen molar-refractivity contribution < 1.29 is 22.7 Å². The van der Waals surface area contributed by atoms with Crippen molar-refractivity contribution in [2.24, 2.45) is 0 Å². The first-order valence-corrected chi connectivity index (χ1v) is 18.8. The summed E-state index contributed by atoms with van der Waals surface area (Å²) in [5, 5.41) is 14.4. The van der Waals surface area contributed by atoms with Gasteiger partial charge in [-0.1, -0.05) is 17.7 Å². The van der Waals surface area contributed by atoms with Crippen LogP contribution in [0.2, 0.25) is 10.3 Å². The van der Waals surface area contributed by atoms with Gasteiger partial charge in [-0.25, -0.2) is 22.9 Å². The average Bonchev–Trinajstić information content (AvgIpc) is 3.93. The number of nitriles is 1. The fourth-order valence-corrected chi connectivity index (χ4v) is 10.5. The van der Waals surface area contributed by atoms with Crippen LogP contribution in [0.15, 0.2) is 24.5 Å². The molecule has 0 bridgehead atoms. The van der Waals surface area contributed by atoms with Crippen LogP contribution in [0.3, 0.4) is 0 Å². The van der Waals surface area contributed by atoms with Gasteiger partial charge in [0.05, 0.1) is 32.4 Å². The molecule has 18 heteroatoms. The number of hydrogen-bond donors (Lipinski definition) is 1. The molecule has 53 heavy (non-hydrogen) atoms. The summed E-state index contributed by atoms with van der Waals surface area (Å²) in [6, 6.07) is 5.38. The number of thiophene rings is 1. The number of carbonyl (C=O) groups is 1. The molecule has 4 aliphatic heterocycles. The first-order valence-electron chi connectivity index (χ1n) is 17.2. The second kappa shape index (κ2) is 12.3. The maximum absolute atomic E-state index is 17.2. The van der Waals surface area contributed by atoms with Crippen LogP contribution in [0, 0.1) is 23.0 Å². The first-order chi connectivity index (χ1) is 25.4. The van der Waals surface area contributed by atoms with E-state index in [2.05, 4.69) is 20.0 Å². The molecule has 0 aliphatic carbocycles. The molecule has 3 aromatic heterocycles. The predicted octanol–water partition coefficient (Wildman–Crippen LogP) is 6.81.